The van der Waals surface area contributed by atoms with Crippen LogP contribution < -0.4 is 10.1 Å². The number of hydrogen-bond acceptors (Lipinski definition) is 2. The highest BCUT2D eigenvalue weighted by Gasteiger charge is 2.15. The van der Waals surface area contributed by atoms with E-state index in [4.69, 9.17) is 4.74 Å². The number of halogens is 2. The van der Waals surface area contributed by atoms with E-state index in [2.05, 4.69) is 5.32 Å². The van der Waals surface area contributed by atoms with Gasteiger partial charge < -0.3 is 10.1 Å². The first-order valence-electron chi connectivity index (χ1n) is 6.37. The maximum absolute atomic E-state index is 13.6. The minimum Gasteiger partial charge on any atom is -0.496 e. The van der Waals surface area contributed by atoms with Crippen molar-refractivity contribution in [2.45, 2.75) is 13.0 Å². The van der Waals surface area contributed by atoms with E-state index in [9.17, 15) is 8.78 Å². The fraction of sp³-hybridized carbons (Fsp3) is 0.250. The lowest BCUT2D eigenvalue weighted by Crippen LogP contribution is -2.13. The van der Waals surface area contributed by atoms with E-state index in [0.29, 0.717) is 16.9 Å². The van der Waals surface area contributed by atoms with Crippen molar-refractivity contribution in [2.75, 3.05) is 14.2 Å². The van der Waals surface area contributed by atoms with Crippen molar-refractivity contribution in [3.05, 3.63) is 53.6 Å². The van der Waals surface area contributed by atoms with Crippen LogP contribution in [0.4, 0.5) is 8.78 Å². The van der Waals surface area contributed by atoms with Gasteiger partial charge in [-0.1, -0.05) is 6.07 Å². The first-order chi connectivity index (χ1) is 9.56. The monoisotopic (exact) mass is 277 g/mol. The maximum Gasteiger partial charge on any atom is 0.126 e. The van der Waals surface area contributed by atoms with Crippen LogP contribution in [0.3, 0.4) is 0 Å². The summed E-state index contributed by atoms with van der Waals surface area (Å²) in [5, 5.41) is 3.11. The van der Waals surface area contributed by atoms with Gasteiger partial charge >= 0.3 is 0 Å². The van der Waals surface area contributed by atoms with Gasteiger partial charge in [0.15, 0.2) is 0 Å². The molecule has 0 bridgehead atoms. The molecule has 1 N–H and O–H groups in total. The minimum atomic E-state index is -0.381. The minimum absolute atomic E-state index is 0.0126. The summed E-state index contributed by atoms with van der Waals surface area (Å²) in [5.41, 5.74) is 2.06. The Morgan fingerprint density at radius 3 is 2.20 bits per heavy atom. The molecule has 2 nitrogen and oxygen atoms in total. The van der Waals surface area contributed by atoms with Crippen molar-refractivity contribution < 1.29 is 13.5 Å². The molecule has 0 spiro atoms. The zero-order valence-corrected chi connectivity index (χ0v) is 11.7. The Bertz CT molecular complexity index is 613. The molecule has 0 aliphatic rings. The van der Waals surface area contributed by atoms with Crippen LogP contribution in [-0.4, -0.2) is 14.2 Å². The van der Waals surface area contributed by atoms with Crippen LogP contribution in [0.1, 0.15) is 18.5 Å². The molecule has 1 unspecified atom stereocenters. The van der Waals surface area contributed by atoms with Gasteiger partial charge in [-0.25, -0.2) is 8.78 Å². The van der Waals surface area contributed by atoms with Gasteiger partial charge in [0.05, 0.1) is 7.11 Å². The lowest BCUT2D eigenvalue weighted by molar-refractivity contribution is 0.415. The Morgan fingerprint density at radius 2 is 1.60 bits per heavy atom. The molecule has 4 heteroatoms. The molecular formula is C16H17F2NO. The SMILES string of the molecule is CNC(C)c1ccc(F)cc1-c1cc(F)ccc1OC. The van der Waals surface area contributed by atoms with Crippen LogP contribution >= 0.6 is 0 Å². The van der Waals surface area contributed by atoms with Gasteiger partial charge in [-0.05, 0) is 55.4 Å². The van der Waals surface area contributed by atoms with E-state index in [1.807, 2.05) is 14.0 Å². The number of rotatable bonds is 4. The zero-order valence-electron chi connectivity index (χ0n) is 11.7. The Morgan fingerprint density at radius 1 is 1.00 bits per heavy atom. The molecule has 0 heterocycles. The summed E-state index contributed by atoms with van der Waals surface area (Å²) < 4.78 is 32.4. The van der Waals surface area contributed by atoms with Gasteiger partial charge in [0.1, 0.15) is 17.4 Å². The van der Waals surface area contributed by atoms with Crippen molar-refractivity contribution in [1.82, 2.24) is 5.32 Å². The molecule has 106 valence electrons. The van der Waals surface area contributed by atoms with Gasteiger partial charge in [0, 0.05) is 11.6 Å². The van der Waals surface area contributed by atoms with Crippen LogP contribution in [-0.2, 0) is 0 Å². The third kappa shape index (κ3) is 2.80. The van der Waals surface area contributed by atoms with E-state index in [-0.39, 0.29) is 17.7 Å². The molecule has 2 rings (SSSR count). The number of ether oxygens (including phenoxy) is 1. The van der Waals surface area contributed by atoms with E-state index in [0.717, 1.165) is 5.56 Å². The van der Waals surface area contributed by atoms with E-state index in [1.165, 1.54) is 31.4 Å². The molecule has 0 radical (unpaired) electrons. The van der Waals surface area contributed by atoms with Crippen molar-refractivity contribution in [3.63, 3.8) is 0 Å². The lowest BCUT2D eigenvalue weighted by atomic mass is 9.94. The molecule has 1 atom stereocenters. The Labute approximate surface area is 117 Å². The quantitative estimate of drug-likeness (QED) is 0.914. The van der Waals surface area contributed by atoms with E-state index in [1.54, 1.807) is 12.1 Å². The number of hydrogen-bond donors (Lipinski definition) is 1. The fourth-order valence-corrected chi connectivity index (χ4v) is 2.19. The van der Waals surface area contributed by atoms with Gasteiger partial charge in [-0.3, -0.25) is 0 Å². The Hall–Kier alpha value is -1.94. The van der Waals surface area contributed by atoms with Crippen molar-refractivity contribution in [1.29, 1.82) is 0 Å². The molecule has 0 saturated carbocycles. The van der Waals surface area contributed by atoms with Crippen molar-refractivity contribution in [3.8, 4) is 16.9 Å². The summed E-state index contributed by atoms with van der Waals surface area (Å²) >= 11 is 0. The highest BCUT2D eigenvalue weighted by Crippen LogP contribution is 2.35. The fourth-order valence-electron chi connectivity index (χ4n) is 2.19. The molecule has 0 fully saturated rings. The normalized spacial score (nSPS) is 12.2. The Kier molecular flexibility index (Phi) is 4.35. The van der Waals surface area contributed by atoms with E-state index < -0.39 is 0 Å². The van der Waals surface area contributed by atoms with Crippen LogP contribution in [0.2, 0.25) is 0 Å². The molecular weight excluding hydrogens is 260 g/mol. The summed E-state index contributed by atoms with van der Waals surface area (Å²) in [6.45, 7) is 1.96. The Balaban J connectivity index is 2.67. The predicted octanol–water partition coefficient (Wildman–Crippen LogP) is 3.92. The molecule has 0 aliphatic heterocycles. The molecule has 2 aromatic carbocycles. The van der Waals surface area contributed by atoms with Gasteiger partial charge in [-0.15, -0.1) is 0 Å². The number of benzene rings is 2. The first-order valence-corrected chi connectivity index (χ1v) is 6.37. The second-order valence-corrected chi connectivity index (χ2v) is 4.59. The largest absolute Gasteiger partial charge is 0.496 e. The van der Waals surface area contributed by atoms with Crippen LogP contribution in [0.25, 0.3) is 11.1 Å². The average Bonchev–Trinajstić information content (AvgIpc) is 2.46. The molecule has 0 saturated heterocycles. The summed E-state index contributed by atoms with van der Waals surface area (Å²) in [4.78, 5) is 0. The predicted molar refractivity (Wildman–Crippen MR) is 75.8 cm³/mol. The van der Waals surface area contributed by atoms with Crippen LogP contribution in [0.15, 0.2) is 36.4 Å². The summed E-state index contributed by atoms with van der Waals surface area (Å²) in [6, 6.07) is 8.75. The number of nitrogens with one attached hydrogen (secondary N) is 1. The molecule has 0 aliphatic carbocycles. The molecule has 0 amide bonds. The third-order valence-corrected chi connectivity index (χ3v) is 3.37. The van der Waals surface area contributed by atoms with E-state index >= 15 is 0 Å². The van der Waals surface area contributed by atoms with Gasteiger partial charge in [-0.2, -0.15) is 0 Å². The van der Waals surface area contributed by atoms with Crippen LogP contribution in [0, 0.1) is 11.6 Å². The first kappa shape index (κ1) is 14.5. The van der Waals surface area contributed by atoms with Crippen LogP contribution in [0.5, 0.6) is 5.75 Å². The summed E-state index contributed by atoms with van der Waals surface area (Å²) in [7, 11) is 3.33. The second-order valence-electron chi connectivity index (χ2n) is 4.59. The summed E-state index contributed by atoms with van der Waals surface area (Å²) in [5.74, 6) is -0.229. The topological polar surface area (TPSA) is 21.3 Å². The highest BCUT2D eigenvalue weighted by atomic mass is 19.1. The molecule has 2 aromatic rings. The third-order valence-electron chi connectivity index (χ3n) is 3.37. The standard InChI is InChI=1S/C16H17F2NO/c1-10(19-2)13-6-4-11(17)8-14(13)15-9-12(18)5-7-16(15)20-3/h4-10,19H,1-3H3. The van der Waals surface area contributed by atoms with Gasteiger partial charge in [0.2, 0.25) is 0 Å². The lowest BCUT2D eigenvalue weighted by Gasteiger charge is -2.18. The van der Waals surface area contributed by atoms with Gasteiger partial charge in [0.25, 0.3) is 0 Å². The highest BCUT2D eigenvalue weighted by molar-refractivity contribution is 5.74. The number of methoxy groups -OCH3 is 1. The molecule has 0 aromatic heterocycles. The summed E-state index contributed by atoms with van der Waals surface area (Å²) in [6.07, 6.45) is 0. The maximum atomic E-state index is 13.6. The van der Waals surface area contributed by atoms with Crippen molar-refractivity contribution >= 4 is 0 Å². The zero-order chi connectivity index (χ0) is 14.7. The van der Waals surface area contributed by atoms with Crippen molar-refractivity contribution in [2.24, 2.45) is 0 Å². The molecule has 20 heavy (non-hydrogen) atoms. The average molecular weight is 277 g/mol. The second kappa shape index (κ2) is 6.01. The smallest absolute Gasteiger partial charge is 0.126 e.